The van der Waals surface area contributed by atoms with Crippen LogP contribution in [0.5, 0.6) is 0 Å². The van der Waals surface area contributed by atoms with E-state index in [2.05, 4.69) is 209 Å². The van der Waals surface area contributed by atoms with Crippen molar-refractivity contribution in [2.75, 3.05) is 14.7 Å². The first kappa shape index (κ1) is 32.4. The van der Waals surface area contributed by atoms with E-state index in [1.54, 1.807) is 0 Å². The van der Waals surface area contributed by atoms with Crippen molar-refractivity contribution in [1.82, 2.24) is 0 Å². The molecule has 10 aromatic rings. The van der Waals surface area contributed by atoms with Crippen LogP contribution in [0.15, 0.2) is 204 Å². The van der Waals surface area contributed by atoms with E-state index in [0.29, 0.717) is 0 Å². The Morgan fingerprint density at radius 3 is 1.62 bits per heavy atom. The fraction of sp³-hybridized carbons (Fsp3) is 0. The molecular weight excluding hydrogens is 742 g/mol. The minimum Gasteiger partial charge on any atom is -0.310 e. The molecule has 270 valence electrons. The van der Waals surface area contributed by atoms with Crippen LogP contribution < -0.4 is 30.4 Å². The molecule has 1 aromatic heterocycles. The van der Waals surface area contributed by atoms with Crippen LogP contribution in [0.3, 0.4) is 0 Å². The molecule has 0 radical (unpaired) electrons. The number of para-hydroxylation sites is 4. The normalized spacial score (nSPS) is 13.7. The number of hydrogen-bond donors (Lipinski definition) is 0. The van der Waals surface area contributed by atoms with Gasteiger partial charge in [-0.25, -0.2) is 0 Å². The Labute approximate surface area is 345 Å². The standard InChI is InChI=1S/C52H32BN3S2/c1-3-16-33(17-4-1)54-35-30-31-40-45(32-35)56(42-25-12-14-29-47(42)57-46-28-13-11-24-41(46)54)44-27-15-26-43-49(44)53(40)52-50(55(43)34-18-5-2-6-19-34)48-38-22-9-7-20-36(38)37-21-8-10-23-39(37)51(48)58-52/h1-32H. The van der Waals surface area contributed by atoms with Crippen LogP contribution in [0.4, 0.5) is 51.2 Å². The Morgan fingerprint density at radius 1 is 0.379 bits per heavy atom. The third-order valence-corrected chi connectivity index (χ3v) is 14.6. The molecule has 3 nitrogen and oxygen atoms in total. The summed E-state index contributed by atoms with van der Waals surface area (Å²) in [5.74, 6) is 0. The van der Waals surface area contributed by atoms with Gasteiger partial charge in [0.15, 0.2) is 0 Å². The van der Waals surface area contributed by atoms with E-state index in [9.17, 15) is 0 Å². The van der Waals surface area contributed by atoms with Gasteiger partial charge in [0.05, 0.1) is 17.1 Å². The van der Waals surface area contributed by atoms with Gasteiger partial charge < -0.3 is 14.7 Å². The number of hydrogen-bond acceptors (Lipinski definition) is 5. The van der Waals surface area contributed by atoms with Crippen LogP contribution in [-0.2, 0) is 0 Å². The summed E-state index contributed by atoms with van der Waals surface area (Å²) in [7, 11) is 0. The number of thiophene rings is 1. The van der Waals surface area contributed by atoms with E-state index in [4.69, 9.17) is 0 Å². The van der Waals surface area contributed by atoms with Gasteiger partial charge in [-0.1, -0.05) is 133 Å². The SMILES string of the molecule is c1ccc(N2c3ccc4c(c3)N(c3ccccc3Sc3ccccc32)c2cccc3c2B4c2sc4c5ccccc5c5ccccc5c4c2N3c2ccccc2)cc1. The van der Waals surface area contributed by atoms with Gasteiger partial charge in [-0.2, -0.15) is 0 Å². The molecule has 0 saturated carbocycles. The molecule has 9 aromatic carbocycles. The lowest BCUT2D eigenvalue weighted by atomic mass is 9.36. The zero-order valence-corrected chi connectivity index (χ0v) is 32.8. The van der Waals surface area contributed by atoms with Crippen molar-refractivity contribution in [3.8, 4) is 0 Å². The Balaban J connectivity index is 1.18. The van der Waals surface area contributed by atoms with E-state index in [0.717, 1.165) is 11.4 Å². The molecule has 13 rings (SSSR count). The summed E-state index contributed by atoms with van der Waals surface area (Å²) in [6.07, 6.45) is 0. The zero-order chi connectivity index (χ0) is 37.9. The van der Waals surface area contributed by atoms with Crippen molar-refractivity contribution in [3.05, 3.63) is 194 Å². The number of anilines is 9. The number of benzene rings is 9. The molecule has 0 aliphatic carbocycles. The van der Waals surface area contributed by atoms with Crippen molar-refractivity contribution in [2.24, 2.45) is 0 Å². The van der Waals surface area contributed by atoms with Crippen LogP contribution in [0, 0.1) is 0 Å². The highest BCUT2D eigenvalue weighted by Crippen LogP contribution is 2.54. The molecule has 6 heteroatoms. The maximum atomic E-state index is 2.57. The molecular formula is C52H32BN3S2. The highest BCUT2D eigenvalue weighted by molar-refractivity contribution is 7.99. The third kappa shape index (κ3) is 4.47. The summed E-state index contributed by atoms with van der Waals surface area (Å²) in [6, 6.07) is 71.8. The highest BCUT2D eigenvalue weighted by Gasteiger charge is 2.46. The summed E-state index contributed by atoms with van der Waals surface area (Å²) >= 11 is 3.83. The lowest BCUT2D eigenvalue weighted by molar-refractivity contribution is 1.19. The Bertz CT molecular complexity index is 3310. The first-order chi connectivity index (χ1) is 28.8. The molecule has 0 N–H and O–H groups in total. The molecule has 0 unspecified atom stereocenters. The van der Waals surface area contributed by atoms with E-state index < -0.39 is 0 Å². The molecule has 0 fully saturated rings. The Kier molecular flexibility index (Phi) is 6.91. The van der Waals surface area contributed by atoms with Crippen LogP contribution >= 0.6 is 23.1 Å². The second-order valence-electron chi connectivity index (χ2n) is 15.2. The molecule has 4 heterocycles. The minimum absolute atomic E-state index is 0.0246. The second-order valence-corrected chi connectivity index (χ2v) is 17.3. The van der Waals surface area contributed by atoms with Crippen LogP contribution in [0.1, 0.15) is 0 Å². The van der Waals surface area contributed by atoms with Gasteiger partial charge >= 0.3 is 0 Å². The van der Waals surface area contributed by atoms with Crippen LogP contribution in [-0.4, -0.2) is 6.71 Å². The molecule has 58 heavy (non-hydrogen) atoms. The molecule has 2 bridgehead atoms. The fourth-order valence-corrected chi connectivity index (χ4v) is 12.4. The van der Waals surface area contributed by atoms with Crippen LogP contribution in [0.2, 0.25) is 0 Å². The highest BCUT2D eigenvalue weighted by atomic mass is 32.2. The molecule has 0 atom stereocenters. The van der Waals surface area contributed by atoms with Crippen LogP contribution in [0.25, 0.3) is 31.6 Å². The van der Waals surface area contributed by atoms with Gasteiger partial charge in [0.25, 0.3) is 6.71 Å². The van der Waals surface area contributed by atoms with Crippen molar-refractivity contribution in [3.63, 3.8) is 0 Å². The van der Waals surface area contributed by atoms with Gasteiger partial charge in [0, 0.05) is 64.2 Å². The molecule has 3 aliphatic heterocycles. The van der Waals surface area contributed by atoms with Gasteiger partial charge in [-0.15, -0.1) is 11.3 Å². The Morgan fingerprint density at radius 2 is 0.914 bits per heavy atom. The topological polar surface area (TPSA) is 9.72 Å². The van der Waals surface area contributed by atoms with Crippen molar-refractivity contribution in [2.45, 2.75) is 9.79 Å². The summed E-state index contributed by atoms with van der Waals surface area (Å²) in [4.78, 5) is 9.98. The number of nitrogens with zero attached hydrogens (tertiary/aromatic N) is 3. The van der Waals surface area contributed by atoms with E-state index in [1.807, 2.05) is 23.1 Å². The Hall–Kier alpha value is -6.73. The molecule has 3 aliphatic rings. The molecule has 0 saturated heterocycles. The summed E-state index contributed by atoms with van der Waals surface area (Å²) < 4.78 is 2.73. The molecule has 0 amide bonds. The maximum absolute atomic E-state index is 2.57. The average Bonchev–Trinajstić information content (AvgIpc) is 3.69. The van der Waals surface area contributed by atoms with E-state index >= 15 is 0 Å². The van der Waals surface area contributed by atoms with Crippen molar-refractivity contribution >= 4 is 128 Å². The van der Waals surface area contributed by atoms with Crippen molar-refractivity contribution in [1.29, 1.82) is 0 Å². The first-order valence-corrected chi connectivity index (χ1v) is 21.4. The number of rotatable bonds is 2. The predicted molar refractivity (Wildman–Crippen MR) is 250 cm³/mol. The minimum atomic E-state index is 0.0246. The fourth-order valence-electron chi connectivity index (χ4n) is 9.85. The number of fused-ring (bicyclic) bond motifs is 15. The maximum Gasteiger partial charge on any atom is 0.264 e. The quantitative estimate of drug-likeness (QED) is 0.128. The van der Waals surface area contributed by atoms with Gasteiger partial charge in [0.2, 0.25) is 0 Å². The third-order valence-electron chi connectivity index (χ3n) is 12.2. The largest absolute Gasteiger partial charge is 0.310 e. The van der Waals surface area contributed by atoms with Gasteiger partial charge in [-0.3, -0.25) is 0 Å². The lowest BCUT2D eigenvalue weighted by Gasteiger charge is -2.44. The zero-order valence-electron chi connectivity index (χ0n) is 31.2. The predicted octanol–water partition coefficient (Wildman–Crippen LogP) is 13.2. The summed E-state index contributed by atoms with van der Waals surface area (Å²) in [5, 5.41) is 6.54. The van der Waals surface area contributed by atoms with Crippen molar-refractivity contribution < 1.29 is 0 Å². The summed E-state index contributed by atoms with van der Waals surface area (Å²) in [5.41, 5.74) is 13.4. The summed E-state index contributed by atoms with van der Waals surface area (Å²) in [6.45, 7) is 0.0246. The monoisotopic (exact) mass is 773 g/mol. The van der Waals surface area contributed by atoms with E-state index in [1.165, 1.54) is 96.9 Å². The molecule has 0 spiro atoms. The van der Waals surface area contributed by atoms with Gasteiger partial charge in [0.1, 0.15) is 0 Å². The smallest absolute Gasteiger partial charge is 0.264 e. The van der Waals surface area contributed by atoms with E-state index in [-0.39, 0.29) is 6.71 Å². The second kappa shape index (κ2) is 12.4. The average molecular weight is 774 g/mol. The van der Waals surface area contributed by atoms with Gasteiger partial charge in [-0.05, 0) is 99.9 Å². The first-order valence-electron chi connectivity index (χ1n) is 19.8. The lowest BCUT2D eigenvalue weighted by Crippen LogP contribution is -2.60.